The first-order valence-electron chi connectivity index (χ1n) is 5.18. The van der Waals surface area contributed by atoms with Crippen molar-refractivity contribution in [1.82, 2.24) is 0 Å². The Labute approximate surface area is 86.5 Å². The molecule has 1 aliphatic rings. The quantitative estimate of drug-likeness (QED) is 0.799. The van der Waals surface area contributed by atoms with Crippen molar-refractivity contribution >= 4 is 5.97 Å². The highest BCUT2D eigenvalue weighted by atomic mass is 19.4. The highest BCUT2D eigenvalue weighted by Gasteiger charge is 2.31. The molecule has 2 nitrogen and oxygen atoms in total. The van der Waals surface area contributed by atoms with Crippen molar-refractivity contribution in [3.63, 3.8) is 0 Å². The highest BCUT2D eigenvalue weighted by Crippen LogP contribution is 2.34. The SMILES string of the molecule is O=C(O)C1CCC(CCC(F)(F)F)CC1. The predicted molar refractivity (Wildman–Crippen MR) is 48.4 cm³/mol. The molecule has 0 aliphatic heterocycles. The van der Waals surface area contributed by atoms with Crippen LogP contribution in [0.2, 0.25) is 0 Å². The van der Waals surface area contributed by atoms with Gasteiger partial charge in [-0.1, -0.05) is 0 Å². The molecule has 0 aromatic carbocycles. The molecule has 0 heterocycles. The van der Waals surface area contributed by atoms with Crippen LogP contribution in [0, 0.1) is 11.8 Å². The van der Waals surface area contributed by atoms with Gasteiger partial charge in [0, 0.05) is 6.42 Å². The second-order valence-electron chi connectivity index (χ2n) is 4.21. The van der Waals surface area contributed by atoms with Gasteiger partial charge in [0.1, 0.15) is 0 Å². The normalized spacial score (nSPS) is 27.7. The number of hydrogen-bond donors (Lipinski definition) is 1. The van der Waals surface area contributed by atoms with E-state index in [0.29, 0.717) is 25.7 Å². The van der Waals surface area contributed by atoms with E-state index in [2.05, 4.69) is 0 Å². The van der Waals surface area contributed by atoms with Crippen LogP contribution < -0.4 is 0 Å². The molecule has 88 valence electrons. The van der Waals surface area contributed by atoms with Gasteiger partial charge in [-0.3, -0.25) is 4.79 Å². The van der Waals surface area contributed by atoms with Crippen molar-refractivity contribution in [2.24, 2.45) is 11.8 Å². The van der Waals surface area contributed by atoms with Gasteiger partial charge in [0.2, 0.25) is 0 Å². The monoisotopic (exact) mass is 224 g/mol. The third-order valence-electron chi connectivity index (χ3n) is 3.03. The Morgan fingerprint density at radius 1 is 1.20 bits per heavy atom. The van der Waals surface area contributed by atoms with E-state index in [1.807, 2.05) is 0 Å². The second kappa shape index (κ2) is 4.86. The lowest BCUT2D eigenvalue weighted by atomic mass is 9.80. The first-order valence-corrected chi connectivity index (χ1v) is 5.18. The summed E-state index contributed by atoms with van der Waals surface area (Å²) in [7, 11) is 0. The molecule has 1 saturated carbocycles. The number of carboxylic acid groups (broad SMARTS) is 1. The van der Waals surface area contributed by atoms with Crippen LogP contribution in [-0.4, -0.2) is 17.3 Å². The summed E-state index contributed by atoms with van der Waals surface area (Å²) in [4.78, 5) is 10.6. The molecule has 0 atom stereocenters. The number of aliphatic carboxylic acids is 1. The molecule has 0 radical (unpaired) electrons. The summed E-state index contributed by atoms with van der Waals surface area (Å²) in [5, 5.41) is 8.70. The van der Waals surface area contributed by atoms with Crippen LogP contribution in [0.1, 0.15) is 38.5 Å². The van der Waals surface area contributed by atoms with E-state index in [4.69, 9.17) is 5.11 Å². The minimum atomic E-state index is -4.08. The summed E-state index contributed by atoms with van der Waals surface area (Å²) in [5.41, 5.74) is 0. The third kappa shape index (κ3) is 4.53. The standard InChI is InChI=1S/C10H15F3O2/c11-10(12,13)6-5-7-1-3-8(4-2-7)9(14)15/h7-8H,1-6H2,(H,14,15). The molecular weight excluding hydrogens is 209 g/mol. The zero-order valence-corrected chi connectivity index (χ0v) is 8.39. The maximum Gasteiger partial charge on any atom is 0.389 e. The summed E-state index contributed by atoms with van der Waals surface area (Å²) in [6.45, 7) is 0. The van der Waals surface area contributed by atoms with Crippen molar-refractivity contribution in [2.75, 3.05) is 0 Å². The van der Waals surface area contributed by atoms with Crippen LogP contribution in [-0.2, 0) is 4.79 Å². The van der Waals surface area contributed by atoms with Gasteiger partial charge < -0.3 is 5.11 Å². The van der Waals surface area contributed by atoms with Crippen LogP contribution in [0.5, 0.6) is 0 Å². The second-order valence-corrected chi connectivity index (χ2v) is 4.21. The van der Waals surface area contributed by atoms with Crippen molar-refractivity contribution in [3.8, 4) is 0 Å². The van der Waals surface area contributed by atoms with E-state index in [1.165, 1.54) is 0 Å². The van der Waals surface area contributed by atoms with Gasteiger partial charge in [0.05, 0.1) is 5.92 Å². The van der Waals surface area contributed by atoms with Gasteiger partial charge in [-0.2, -0.15) is 13.2 Å². The third-order valence-corrected chi connectivity index (χ3v) is 3.03. The minimum absolute atomic E-state index is 0.0576. The number of rotatable bonds is 3. The van der Waals surface area contributed by atoms with Gasteiger partial charge in [-0.15, -0.1) is 0 Å². The molecule has 0 aromatic heterocycles. The fourth-order valence-electron chi connectivity index (χ4n) is 2.07. The lowest BCUT2D eigenvalue weighted by Crippen LogP contribution is -2.22. The molecule has 1 fully saturated rings. The van der Waals surface area contributed by atoms with Crippen LogP contribution >= 0.6 is 0 Å². The van der Waals surface area contributed by atoms with E-state index in [1.54, 1.807) is 0 Å². The summed E-state index contributed by atoms with van der Waals surface area (Å²) in [6.07, 6.45) is -2.38. The highest BCUT2D eigenvalue weighted by molar-refractivity contribution is 5.69. The van der Waals surface area contributed by atoms with Crippen molar-refractivity contribution in [2.45, 2.75) is 44.7 Å². The number of alkyl halides is 3. The Bertz CT molecular complexity index is 217. The molecule has 0 bridgehead atoms. The van der Waals surface area contributed by atoms with E-state index in [9.17, 15) is 18.0 Å². The topological polar surface area (TPSA) is 37.3 Å². The molecular formula is C10H15F3O2. The predicted octanol–water partition coefficient (Wildman–Crippen LogP) is 3.22. The molecule has 0 unspecified atom stereocenters. The molecule has 0 spiro atoms. The van der Waals surface area contributed by atoms with Gasteiger partial charge in [-0.05, 0) is 38.0 Å². The Hall–Kier alpha value is -0.740. The van der Waals surface area contributed by atoms with Gasteiger partial charge in [-0.25, -0.2) is 0 Å². The number of carbonyl (C=O) groups is 1. The number of halogens is 3. The fraction of sp³-hybridized carbons (Fsp3) is 0.900. The molecule has 15 heavy (non-hydrogen) atoms. The number of carboxylic acids is 1. The molecule has 1 N–H and O–H groups in total. The Morgan fingerprint density at radius 2 is 1.73 bits per heavy atom. The van der Waals surface area contributed by atoms with Crippen molar-refractivity contribution in [3.05, 3.63) is 0 Å². The zero-order chi connectivity index (χ0) is 11.5. The average Bonchev–Trinajstić information content (AvgIpc) is 2.14. The Morgan fingerprint density at radius 3 is 2.13 bits per heavy atom. The smallest absolute Gasteiger partial charge is 0.389 e. The zero-order valence-electron chi connectivity index (χ0n) is 8.39. The fourth-order valence-corrected chi connectivity index (χ4v) is 2.07. The molecule has 0 amide bonds. The van der Waals surface area contributed by atoms with Crippen LogP contribution in [0.3, 0.4) is 0 Å². The number of hydrogen-bond acceptors (Lipinski definition) is 1. The first-order chi connectivity index (χ1) is 6.88. The first kappa shape index (κ1) is 12.3. The lowest BCUT2D eigenvalue weighted by molar-refractivity contribution is -0.145. The maximum absolute atomic E-state index is 11.9. The van der Waals surface area contributed by atoms with E-state index in [-0.39, 0.29) is 18.3 Å². The van der Waals surface area contributed by atoms with Gasteiger partial charge in [0.15, 0.2) is 0 Å². The van der Waals surface area contributed by atoms with E-state index < -0.39 is 18.6 Å². The summed E-state index contributed by atoms with van der Waals surface area (Å²) < 4.78 is 35.8. The molecule has 1 rings (SSSR count). The summed E-state index contributed by atoms with van der Waals surface area (Å²) >= 11 is 0. The maximum atomic E-state index is 11.9. The summed E-state index contributed by atoms with van der Waals surface area (Å²) in [6, 6.07) is 0. The Balaban J connectivity index is 2.23. The molecule has 0 saturated heterocycles. The average molecular weight is 224 g/mol. The van der Waals surface area contributed by atoms with Crippen LogP contribution in [0.25, 0.3) is 0 Å². The van der Waals surface area contributed by atoms with Gasteiger partial charge >= 0.3 is 12.1 Å². The van der Waals surface area contributed by atoms with Gasteiger partial charge in [0.25, 0.3) is 0 Å². The molecule has 5 heteroatoms. The van der Waals surface area contributed by atoms with Crippen LogP contribution in [0.4, 0.5) is 13.2 Å². The van der Waals surface area contributed by atoms with Crippen LogP contribution in [0.15, 0.2) is 0 Å². The van der Waals surface area contributed by atoms with Crippen molar-refractivity contribution < 1.29 is 23.1 Å². The van der Waals surface area contributed by atoms with Crippen molar-refractivity contribution in [1.29, 1.82) is 0 Å². The van der Waals surface area contributed by atoms with E-state index in [0.717, 1.165) is 0 Å². The summed E-state index contributed by atoms with van der Waals surface area (Å²) in [5.74, 6) is -1.10. The molecule has 1 aliphatic carbocycles. The largest absolute Gasteiger partial charge is 0.481 e. The lowest BCUT2D eigenvalue weighted by Gasteiger charge is -2.26. The molecule has 0 aromatic rings. The minimum Gasteiger partial charge on any atom is -0.481 e. The Kier molecular flexibility index (Phi) is 3.99. The van der Waals surface area contributed by atoms with E-state index >= 15 is 0 Å².